The number of likely N-dealkylation sites (tertiary alicyclic amines) is 1. The van der Waals surface area contributed by atoms with Crippen LogP contribution >= 0.6 is 10.6 Å². The SMILES string of the molecule is CC1C(c2ccc(OCCCN3CCCC3)cc2)Oc2ccccc2S1(O)O. The van der Waals surface area contributed by atoms with Crippen LogP contribution in [0.1, 0.15) is 37.9 Å². The average Bonchev–Trinajstić information content (AvgIpc) is 3.22. The van der Waals surface area contributed by atoms with Crippen LogP contribution in [0.4, 0.5) is 0 Å². The average molecular weight is 404 g/mol. The smallest absolute Gasteiger partial charge is 0.144 e. The lowest BCUT2D eigenvalue weighted by atomic mass is 10.1. The maximum atomic E-state index is 10.7. The largest absolute Gasteiger partial charge is 0.494 e. The summed E-state index contributed by atoms with van der Waals surface area (Å²) in [4.78, 5) is 2.99. The monoisotopic (exact) mass is 403 g/mol. The van der Waals surface area contributed by atoms with Gasteiger partial charge in [-0.25, -0.2) is 0 Å². The molecule has 2 aliphatic rings. The van der Waals surface area contributed by atoms with Crippen molar-refractivity contribution < 1.29 is 18.6 Å². The number of rotatable bonds is 6. The fourth-order valence-corrected chi connectivity index (χ4v) is 5.63. The number of hydrogen-bond acceptors (Lipinski definition) is 5. The van der Waals surface area contributed by atoms with E-state index in [1.807, 2.05) is 37.3 Å². The van der Waals surface area contributed by atoms with Crippen molar-refractivity contribution in [3.05, 3.63) is 54.1 Å². The van der Waals surface area contributed by atoms with Crippen molar-refractivity contribution in [1.29, 1.82) is 0 Å². The van der Waals surface area contributed by atoms with Gasteiger partial charge in [-0.1, -0.05) is 24.3 Å². The zero-order valence-corrected chi connectivity index (χ0v) is 17.1. The maximum absolute atomic E-state index is 10.7. The highest BCUT2D eigenvalue weighted by molar-refractivity contribution is 8.25. The molecule has 152 valence electrons. The first kappa shape index (κ1) is 19.6. The van der Waals surface area contributed by atoms with Crippen LogP contribution < -0.4 is 9.47 Å². The minimum Gasteiger partial charge on any atom is -0.494 e. The second kappa shape index (κ2) is 8.33. The summed E-state index contributed by atoms with van der Waals surface area (Å²) < 4.78 is 33.5. The van der Waals surface area contributed by atoms with Gasteiger partial charge >= 0.3 is 0 Å². The van der Waals surface area contributed by atoms with E-state index in [0.29, 0.717) is 17.3 Å². The van der Waals surface area contributed by atoms with E-state index < -0.39 is 21.9 Å². The van der Waals surface area contributed by atoms with Crippen molar-refractivity contribution in [1.82, 2.24) is 4.90 Å². The predicted molar refractivity (Wildman–Crippen MR) is 113 cm³/mol. The fraction of sp³-hybridized carbons (Fsp3) is 0.455. The van der Waals surface area contributed by atoms with Crippen LogP contribution in [0.5, 0.6) is 11.5 Å². The van der Waals surface area contributed by atoms with Gasteiger partial charge < -0.3 is 14.4 Å². The maximum Gasteiger partial charge on any atom is 0.144 e. The molecular weight excluding hydrogens is 374 g/mol. The first-order valence-corrected chi connectivity index (χ1v) is 11.6. The molecule has 0 saturated carbocycles. The molecule has 28 heavy (non-hydrogen) atoms. The Bertz CT molecular complexity index is 789. The summed E-state index contributed by atoms with van der Waals surface area (Å²) in [5.74, 6) is 1.38. The summed E-state index contributed by atoms with van der Waals surface area (Å²) in [6, 6.07) is 15.0. The van der Waals surface area contributed by atoms with E-state index in [4.69, 9.17) is 9.47 Å². The van der Waals surface area contributed by atoms with Crippen LogP contribution in [0.2, 0.25) is 0 Å². The van der Waals surface area contributed by atoms with Gasteiger partial charge in [0, 0.05) is 6.54 Å². The third-order valence-electron chi connectivity index (χ3n) is 5.67. The van der Waals surface area contributed by atoms with Crippen LogP contribution in [0, 0.1) is 0 Å². The molecule has 0 spiro atoms. The van der Waals surface area contributed by atoms with E-state index in [0.717, 1.165) is 24.3 Å². The quantitative estimate of drug-likeness (QED) is 0.651. The van der Waals surface area contributed by atoms with E-state index in [1.165, 1.54) is 25.9 Å². The number of nitrogens with zero attached hydrogens (tertiary/aromatic N) is 1. The van der Waals surface area contributed by atoms with Gasteiger partial charge in [-0.3, -0.25) is 9.11 Å². The van der Waals surface area contributed by atoms with E-state index in [1.54, 1.807) is 18.2 Å². The Balaban J connectivity index is 1.38. The Hall–Kier alpha value is -1.73. The molecule has 1 saturated heterocycles. The molecule has 2 unspecified atom stereocenters. The number of hydrogen-bond donors (Lipinski definition) is 2. The standard InChI is InChI=1S/C22H29NO4S/c1-17-22(27-20-7-2-3-8-21(20)28(17,24)25)18-9-11-19(12-10-18)26-16-6-15-23-13-4-5-14-23/h2-3,7-12,17,22,24-25H,4-6,13-16H2,1H3. The van der Waals surface area contributed by atoms with Gasteiger partial charge in [-0.2, -0.15) is 10.6 Å². The first-order chi connectivity index (χ1) is 13.6. The Labute approximate surface area is 168 Å². The summed E-state index contributed by atoms with van der Waals surface area (Å²) in [6.45, 7) is 6.08. The highest BCUT2D eigenvalue weighted by Crippen LogP contribution is 2.62. The number of benzene rings is 2. The summed E-state index contributed by atoms with van der Waals surface area (Å²) in [7, 11) is -2.91. The summed E-state index contributed by atoms with van der Waals surface area (Å²) >= 11 is 0. The second-order valence-corrected chi connectivity index (χ2v) is 9.97. The van der Waals surface area contributed by atoms with Crippen LogP contribution in [0.3, 0.4) is 0 Å². The van der Waals surface area contributed by atoms with Crippen LogP contribution in [-0.2, 0) is 0 Å². The van der Waals surface area contributed by atoms with Crippen molar-refractivity contribution in [2.45, 2.75) is 42.4 Å². The fourth-order valence-electron chi connectivity index (χ4n) is 3.98. The first-order valence-electron chi connectivity index (χ1n) is 10.0. The molecule has 0 bridgehead atoms. The molecule has 0 radical (unpaired) electrons. The van der Waals surface area contributed by atoms with Crippen molar-refractivity contribution in [3.8, 4) is 11.5 Å². The highest BCUT2D eigenvalue weighted by atomic mass is 32.3. The minimum absolute atomic E-state index is 0.399. The molecule has 0 aromatic heterocycles. The van der Waals surface area contributed by atoms with Crippen molar-refractivity contribution in [2.24, 2.45) is 0 Å². The molecule has 2 aliphatic heterocycles. The van der Waals surface area contributed by atoms with Crippen LogP contribution in [0.25, 0.3) is 0 Å². The number of ether oxygens (including phenoxy) is 2. The topological polar surface area (TPSA) is 62.2 Å². The van der Waals surface area contributed by atoms with E-state index in [9.17, 15) is 9.11 Å². The van der Waals surface area contributed by atoms with Gasteiger partial charge in [0.1, 0.15) is 22.5 Å². The normalized spacial score (nSPS) is 25.0. The van der Waals surface area contributed by atoms with E-state index in [2.05, 4.69) is 4.90 Å². The molecule has 6 heteroatoms. The summed E-state index contributed by atoms with van der Waals surface area (Å²) in [6.07, 6.45) is 3.27. The molecule has 5 nitrogen and oxygen atoms in total. The van der Waals surface area contributed by atoms with Crippen molar-refractivity contribution >= 4 is 10.6 Å². The van der Waals surface area contributed by atoms with Gasteiger partial charge in [-0.05, 0) is 69.1 Å². The van der Waals surface area contributed by atoms with Gasteiger partial charge in [-0.15, -0.1) is 0 Å². The highest BCUT2D eigenvalue weighted by Gasteiger charge is 2.40. The number of fused-ring (bicyclic) bond motifs is 1. The zero-order chi connectivity index (χ0) is 19.6. The van der Waals surface area contributed by atoms with Gasteiger partial charge in [0.2, 0.25) is 0 Å². The molecule has 2 atom stereocenters. The second-order valence-electron chi connectivity index (χ2n) is 7.60. The van der Waals surface area contributed by atoms with Gasteiger partial charge in [0.15, 0.2) is 0 Å². The van der Waals surface area contributed by atoms with Gasteiger partial charge in [0.25, 0.3) is 0 Å². The van der Waals surface area contributed by atoms with Gasteiger partial charge in [0.05, 0.1) is 11.9 Å². The Morgan fingerprint density at radius 1 is 1.07 bits per heavy atom. The van der Waals surface area contributed by atoms with E-state index in [-0.39, 0.29) is 0 Å². The van der Waals surface area contributed by atoms with Crippen molar-refractivity contribution in [3.63, 3.8) is 0 Å². The molecule has 2 heterocycles. The predicted octanol–water partition coefficient (Wildman–Crippen LogP) is 5.18. The minimum atomic E-state index is -2.91. The molecule has 1 fully saturated rings. The molecular formula is C22H29NO4S. The third kappa shape index (κ3) is 4.01. The Morgan fingerprint density at radius 3 is 2.54 bits per heavy atom. The molecule has 4 rings (SSSR count). The summed E-state index contributed by atoms with van der Waals surface area (Å²) in [5, 5.41) is -0.422. The molecule has 2 aromatic carbocycles. The molecule has 0 aliphatic carbocycles. The lowest BCUT2D eigenvalue weighted by molar-refractivity contribution is 0.181. The zero-order valence-electron chi connectivity index (χ0n) is 16.3. The molecule has 0 amide bonds. The van der Waals surface area contributed by atoms with E-state index >= 15 is 0 Å². The van der Waals surface area contributed by atoms with Crippen LogP contribution in [-0.4, -0.2) is 45.5 Å². The molecule has 2 aromatic rings. The van der Waals surface area contributed by atoms with Crippen LogP contribution in [0.15, 0.2) is 53.4 Å². The Morgan fingerprint density at radius 2 is 1.79 bits per heavy atom. The van der Waals surface area contributed by atoms with Crippen molar-refractivity contribution in [2.75, 3.05) is 26.2 Å². The third-order valence-corrected chi connectivity index (χ3v) is 7.93. The lowest BCUT2D eigenvalue weighted by Crippen LogP contribution is -2.31. The Kier molecular flexibility index (Phi) is 5.83. The molecule has 2 N–H and O–H groups in total. The lowest BCUT2D eigenvalue weighted by Gasteiger charge is -2.46. The number of para-hydroxylation sites is 1. The summed E-state index contributed by atoms with van der Waals surface area (Å²) in [5.41, 5.74) is 0.923.